The first kappa shape index (κ1) is 23.8. The van der Waals surface area contributed by atoms with Crippen LogP contribution in [0.5, 0.6) is 5.75 Å². The summed E-state index contributed by atoms with van der Waals surface area (Å²) in [6.45, 7) is 4.11. The third kappa shape index (κ3) is 4.17. The first-order valence-corrected chi connectivity index (χ1v) is 10.9. The van der Waals surface area contributed by atoms with E-state index in [0.717, 1.165) is 10.5 Å². The van der Waals surface area contributed by atoms with Gasteiger partial charge in [-0.25, -0.2) is 4.98 Å². The van der Waals surface area contributed by atoms with Crippen molar-refractivity contribution in [3.8, 4) is 54.4 Å². The van der Waals surface area contributed by atoms with Crippen molar-refractivity contribution in [3.05, 3.63) is 70.4 Å². The average Bonchev–Trinajstić information content (AvgIpc) is 3.12. The highest BCUT2D eigenvalue weighted by Crippen LogP contribution is 2.38. The SMILES string of the molecule is C#CC#CN(C#CC#C)C(=O)c1ccc2c(c1)C(=O)C(c1nc3ccc(C(C)C)cc3cc1O)C2=O. The lowest BCUT2D eigenvalue weighted by atomic mass is 9.96. The zero-order valence-corrected chi connectivity index (χ0v) is 19.4. The Hall–Kier alpha value is -5.30. The lowest BCUT2D eigenvalue weighted by Crippen LogP contribution is -2.21. The van der Waals surface area contributed by atoms with Crippen molar-refractivity contribution in [3.63, 3.8) is 0 Å². The second-order valence-corrected chi connectivity index (χ2v) is 8.32. The van der Waals surface area contributed by atoms with Crippen molar-refractivity contribution in [2.75, 3.05) is 0 Å². The lowest BCUT2D eigenvalue weighted by Gasteiger charge is -2.12. The predicted octanol–water partition coefficient (Wildman–Crippen LogP) is 3.86. The second kappa shape index (κ2) is 9.52. The number of aromatic nitrogens is 1. The minimum absolute atomic E-state index is 0.0275. The fourth-order valence-electron chi connectivity index (χ4n) is 3.98. The summed E-state index contributed by atoms with van der Waals surface area (Å²) in [5, 5.41) is 11.4. The summed E-state index contributed by atoms with van der Waals surface area (Å²) in [5.41, 5.74) is 1.83. The van der Waals surface area contributed by atoms with Gasteiger partial charge >= 0.3 is 0 Å². The molecule has 1 atom stereocenters. The number of hydrogen-bond acceptors (Lipinski definition) is 5. The van der Waals surface area contributed by atoms with E-state index in [9.17, 15) is 19.5 Å². The molecule has 3 aromatic rings. The molecule has 0 saturated heterocycles. The fraction of sp³-hybridized carbons (Fsp3) is 0.133. The van der Waals surface area contributed by atoms with Gasteiger partial charge in [0.25, 0.3) is 5.91 Å². The Bertz CT molecular complexity index is 1650. The Kier molecular flexibility index (Phi) is 6.30. The normalized spacial score (nSPS) is 13.6. The van der Waals surface area contributed by atoms with Crippen LogP contribution in [0.3, 0.4) is 0 Å². The number of benzene rings is 2. The molecule has 1 heterocycles. The molecule has 0 radical (unpaired) electrons. The first-order valence-electron chi connectivity index (χ1n) is 10.9. The summed E-state index contributed by atoms with van der Waals surface area (Å²) in [4.78, 5) is 44.7. The highest BCUT2D eigenvalue weighted by atomic mass is 16.3. The van der Waals surface area contributed by atoms with Crippen molar-refractivity contribution < 1.29 is 19.5 Å². The number of carbonyl (C=O) groups is 3. The molecule has 6 nitrogen and oxygen atoms in total. The number of ketones is 2. The Morgan fingerprint density at radius 1 is 0.972 bits per heavy atom. The molecular formula is C30H18N2O4. The molecule has 1 aliphatic carbocycles. The van der Waals surface area contributed by atoms with Crippen molar-refractivity contribution in [2.24, 2.45) is 0 Å². The Balaban J connectivity index is 1.73. The van der Waals surface area contributed by atoms with Gasteiger partial charge in [-0.1, -0.05) is 19.9 Å². The number of fused-ring (bicyclic) bond motifs is 2. The van der Waals surface area contributed by atoms with E-state index in [4.69, 9.17) is 12.8 Å². The van der Waals surface area contributed by atoms with Crippen LogP contribution in [0.4, 0.5) is 0 Å². The zero-order valence-electron chi connectivity index (χ0n) is 19.4. The molecule has 1 unspecified atom stereocenters. The quantitative estimate of drug-likeness (QED) is 0.357. The number of carbonyl (C=O) groups excluding carboxylic acids is 3. The molecule has 0 spiro atoms. The zero-order chi connectivity index (χ0) is 26.0. The van der Waals surface area contributed by atoms with Gasteiger partial charge < -0.3 is 5.11 Å². The van der Waals surface area contributed by atoms with E-state index in [2.05, 4.69) is 54.6 Å². The van der Waals surface area contributed by atoms with Crippen LogP contribution in [0.25, 0.3) is 10.9 Å². The molecule has 0 bridgehead atoms. The van der Waals surface area contributed by atoms with E-state index < -0.39 is 23.4 Å². The maximum Gasteiger partial charge on any atom is 0.277 e. The minimum Gasteiger partial charge on any atom is -0.506 e. The Morgan fingerprint density at radius 3 is 2.28 bits per heavy atom. The lowest BCUT2D eigenvalue weighted by molar-refractivity contribution is 0.0878. The van der Waals surface area contributed by atoms with Crippen molar-refractivity contribution >= 4 is 28.4 Å². The molecule has 0 aliphatic heterocycles. The third-order valence-electron chi connectivity index (χ3n) is 5.79. The number of rotatable bonds is 3. The standard InChI is InChI=1S/C30H18N2O4/c1-5-7-13-32(14-8-6-2)30(36)20-9-11-22-23(16-20)29(35)26(28(22)34)27-25(33)17-21-15-19(18(3)4)10-12-24(21)31-27/h1-2,9-12,15-18,26,33H,3-4H3. The van der Waals surface area contributed by atoms with E-state index in [0.29, 0.717) is 10.9 Å². The summed E-state index contributed by atoms with van der Waals surface area (Å²) >= 11 is 0. The first-order chi connectivity index (χ1) is 17.3. The molecule has 1 amide bonds. The van der Waals surface area contributed by atoms with E-state index in [1.54, 1.807) is 6.07 Å². The van der Waals surface area contributed by atoms with Gasteiger partial charge in [0.15, 0.2) is 11.6 Å². The topological polar surface area (TPSA) is 87.6 Å². The summed E-state index contributed by atoms with van der Waals surface area (Å²) in [7, 11) is 0. The summed E-state index contributed by atoms with van der Waals surface area (Å²) in [6, 6.07) is 16.0. The number of hydrogen-bond donors (Lipinski definition) is 1. The number of amides is 1. The van der Waals surface area contributed by atoms with E-state index in [1.165, 1.54) is 24.3 Å². The number of nitrogens with zero attached hydrogens (tertiary/aromatic N) is 2. The van der Waals surface area contributed by atoms with E-state index in [1.807, 2.05) is 12.1 Å². The van der Waals surface area contributed by atoms with Gasteiger partial charge in [0.2, 0.25) is 0 Å². The van der Waals surface area contributed by atoms with Crippen LogP contribution in [0.2, 0.25) is 0 Å². The average molecular weight is 470 g/mol. The van der Waals surface area contributed by atoms with Crippen LogP contribution in [0, 0.1) is 48.6 Å². The molecule has 172 valence electrons. The summed E-state index contributed by atoms with van der Waals surface area (Å²) in [6.07, 6.45) is 10.3. The van der Waals surface area contributed by atoms with Gasteiger partial charge in [-0.15, -0.1) is 12.8 Å². The van der Waals surface area contributed by atoms with Crippen LogP contribution in [0.1, 0.15) is 68.0 Å². The van der Waals surface area contributed by atoms with Gasteiger partial charge in [-0.2, -0.15) is 4.90 Å². The van der Waals surface area contributed by atoms with Crippen LogP contribution in [-0.2, 0) is 0 Å². The maximum atomic E-state index is 13.3. The third-order valence-corrected chi connectivity index (χ3v) is 5.79. The number of aromatic hydroxyl groups is 1. The summed E-state index contributed by atoms with van der Waals surface area (Å²) in [5.74, 6) is 5.71. The van der Waals surface area contributed by atoms with Gasteiger partial charge in [0.1, 0.15) is 17.4 Å². The predicted molar refractivity (Wildman–Crippen MR) is 135 cm³/mol. The van der Waals surface area contributed by atoms with E-state index >= 15 is 0 Å². The molecule has 1 aliphatic rings. The highest BCUT2D eigenvalue weighted by molar-refractivity contribution is 6.30. The maximum absolute atomic E-state index is 13.3. The Labute approximate surface area is 208 Å². The monoisotopic (exact) mass is 470 g/mol. The van der Waals surface area contributed by atoms with Crippen LogP contribution in [0.15, 0.2) is 42.5 Å². The number of terminal acetylenes is 2. The molecule has 2 aromatic carbocycles. The van der Waals surface area contributed by atoms with Gasteiger partial charge in [-0.05, 0) is 59.7 Å². The molecule has 1 N–H and O–H groups in total. The van der Waals surface area contributed by atoms with Crippen LogP contribution < -0.4 is 0 Å². The smallest absolute Gasteiger partial charge is 0.277 e. The number of Topliss-reactive ketones (excluding diaryl/α,β-unsaturated/α-hetero) is 2. The van der Waals surface area contributed by atoms with Gasteiger partial charge in [0, 0.05) is 46.0 Å². The van der Waals surface area contributed by atoms with Crippen LogP contribution in [-0.4, -0.2) is 32.5 Å². The molecule has 0 saturated carbocycles. The van der Waals surface area contributed by atoms with Crippen molar-refractivity contribution in [2.45, 2.75) is 25.7 Å². The van der Waals surface area contributed by atoms with E-state index in [-0.39, 0.29) is 34.1 Å². The highest BCUT2D eigenvalue weighted by Gasteiger charge is 2.42. The van der Waals surface area contributed by atoms with Gasteiger partial charge in [-0.3, -0.25) is 14.4 Å². The molecular weight excluding hydrogens is 452 g/mol. The minimum atomic E-state index is -1.32. The number of pyridine rings is 1. The fourth-order valence-corrected chi connectivity index (χ4v) is 3.98. The molecule has 1 aromatic heterocycles. The van der Waals surface area contributed by atoms with Gasteiger partial charge in [0.05, 0.1) is 5.52 Å². The molecule has 6 heteroatoms. The van der Waals surface area contributed by atoms with Crippen molar-refractivity contribution in [1.29, 1.82) is 0 Å². The van der Waals surface area contributed by atoms with Crippen molar-refractivity contribution in [1.82, 2.24) is 9.88 Å². The van der Waals surface area contributed by atoms with Crippen LogP contribution >= 0.6 is 0 Å². The molecule has 4 rings (SSSR count). The second-order valence-electron chi connectivity index (χ2n) is 8.32. The largest absolute Gasteiger partial charge is 0.506 e. The summed E-state index contributed by atoms with van der Waals surface area (Å²) < 4.78 is 0. The Morgan fingerprint density at radius 2 is 1.64 bits per heavy atom. The molecule has 0 fully saturated rings. The molecule has 36 heavy (non-hydrogen) atoms.